The summed E-state index contributed by atoms with van der Waals surface area (Å²) in [6.45, 7) is 2.76. The van der Waals surface area contributed by atoms with E-state index in [0.29, 0.717) is 5.15 Å². The Labute approximate surface area is 95.3 Å². The fraction of sp³-hybridized carbons (Fsp3) is 0.625. The fourth-order valence-corrected chi connectivity index (χ4v) is 2.20. The van der Waals surface area contributed by atoms with Crippen molar-refractivity contribution in [3.8, 4) is 0 Å². The molecule has 1 heterocycles. The van der Waals surface area contributed by atoms with Gasteiger partial charge in [-0.15, -0.1) is 11.3 Å². The van der Waals surface area contributed by atoms with E-state index in [1.807, 2.05) is 6.92 Å². The Morgan fingerprint density at radius 1 is 1.79 bits per heavy atom. The summed E-state index contributed by atoms with van der Waals surface area (Å²) in [5.41, 5.74) is 0. The van der Waals surface area contributed by atoms with Crippen LogP contribution in [-0.2, 0) is 10.8 Å². The molecule has 0 saturated carbocycles. The Kier molecular flexibility index (Phi) is 4.84. The lowest BCUT2D eigenvalue weighted by Crippen LogP contribution is -2.14. The minimum absolute atomic E-state index is 0.220. The summed E-state index contributed by atoms with van der Waals surface area (Å²) in [6.07, 6.45) is 2.60. The zero-order chi connectivity index (χ0) is 10.6. The van der Waals surface area contributed by atoms with Gasteiger partial charge in [0.05, 0.1) is 0 Å². The van der Waals surface area contributed by atoms with E-state index in [2.05, 4.69) is 10.3 Å². The molecular formula is C8H13ClN2OS2. The molecule has 0 fully saturated rings. The molecule has 2 unspecified atom stereocenters. The fourth-order valence-electron chi connectivity index (χ4n) is 0.884. The summed E-state index contributed by atoms with van der Waals surface area (Å²) in [7, 11) is -0.746. The summed E-state index contributed by atoms with van der Waals surface area (Å²) < 4.78 is 11.0. The Hall–Kier alpha value is -0.130. The van der Waals surface area contributed by atoms with Gasteiger partial charge >= 0.3 is 0 Å². The van der Waals surface area contributed by atoms with E-state index in [1.165, 1.54) is 11.3 Å². The number of hydrogen-bond acceptors (Lipinski definition) is 4. The van der Waals surface area contributed by atoms with Gasteiger partial charge in [-0.3, -0.25) is 4.21 Å². The Bertz CT molecular complexity index is 316. The standard InChI is InChI=1S/C8H13ClN2OS2/c1-6(14(2)12)3-4-10-8-11-7(9)5-13-8/h5-6H,3-4H2,1-2H3,(H,10,11). The molecule has 0 spiro atoms. The highest BCUT2D eigenvalue weighted by molar-refractivity contribution is 7.84. The number of halogens is 1. The van der Waals surface area contributed by atoms with Crippen molar-refractivity contribution in [1.29, 1.82) is 0 Å². The molecule has 2 atom stereocenters. The van der Waals surface area contributed by atoms with Crippen molar-refractivity contribution in [2.75, 3.05) is 18.1 Å². The normalized spacial score (nSPS) is 15.1. The molecule has 1 aromatic heterocycles. The summed E-state index contributed by atoms with van der Waals surface area (Å²) in [5, 5.41) is 6.48. The van der Waals surface area contributed by atoms with E-state index < -0.39 is 10.8 Å². The highest BCUT2D eigenvalue weighted by Crippen LogP contribution is 2.18. The maximum atomic E-state index is 11.0. The van der Waals surface area contributed by atoms with Crippen molar-refractivity contribution < 1.29 is 4.21 Å². The van der Waals surface area contributed by atoms with Crippen molar-refractivity contribution in [1.82, 2.24) is 4.98 Å². The Morgan fingerprint density at radius 2 is 2.50 bits per heavy atom. The summed E-state index contributed by atoms with van der Waals surface area (Å²) in [6, 6.07) is 0. The molecule has 0 saturated heterocycles. The monoisotopic (exact) mass is 252 g/mol. The van der Waals surface area contributed by atoms with Gasteiger partial charge in [0.15, 0.2) is 5.13 Å². The molecule has 0 amide bonds. The lowest BCUT2D eigenvalue weighted by Gasteiger charge is -2.07. The highest BCUT2D eigenvalue weighted by atomic mass is 35.5. The van der Waals surface area contributed by atoms with Crippen LogP contribution in [-0.4, -0.2) is 27.2 Å². The predicted molar refractivity (Wildman–Crippen MR) is 63.8 cm³/mol. The Morgan fingerprint density at radius 3 is 3.00 bits per heavy atom. The molecular weight excluding hydrogens is 240 g/mol. The quantitative estimate of drug-likeness (QED) is 0.875. The van der Waals surface area contributed by atoms with Crippen LogP contribution in [0, 0.1) is 0 Å². The number of aromatic nitrogens is 1. The van der Waals surface area contributed by atoms with Crippen LogP contribution in [0.15, 0.2) is 5.38 Å². The molecule has 0 radical (unpaired) electrons. The summed E-state index contributed by atoms with van der Waals surface area (Å²) in [4.78, 5) is 4.05. The number of hydrogen-bond donors (Lipinski definition) is 1. The third kappa shape index (κ3) is 3.94. The molecule has 3 nitrogen and oxygen atoms in total. The molecule has 80 valence electrons. The van der Waals surface area contributed by atoms with Crippen LogP contribution < -0.4 is 5.32 Å². The molecule has 0 aliphatic heterocycles. The van der Waals surface area contributed by atoms with E-state index >= 15 is 0 Å². The van der Waals surface area contributed by atoms with E-state index in [0.717, 1.165) is 18.1 Å². The van der Waals surface area contributed by atoms with Crippen LogP contribution in [0.25, 0.3) is 0 Å². The molecule has 0 aliphatic rings. The molecule has 0 aromatic carbocycles. The second-order valence-corrected chi connectivity index (χ2v) is 6.05. The number of rotatable bonds is 5. The molecule has 0 aliphatic carbocycles. The second kappa shape index (κ2) is 5.68. The first-order chi connectivity index (χ1) is 6.59. The number of nitrogens with zero attached hydrogens (tertiary/aromatic N) is 1. The van der Waals surface area contributed by atoms with E-state index in [9.17, 15) is 4.21 Å². The van der Waals surface area contributed by atoms with Crippen LogP contribution in [0.5, 0.6) is 0 Å². The van der Waals surface area contributed by atoms with Crippen LogP contribution >= 0.6 is 22.9 Å². The zero-order valence-corrected chi connectivity index (χ0v) is 10.5. The average molecular weight is 253 g/mol. The smallest absolute Gasteiger partial charge is 0.184 e. The molecule has 1 aromatic rings. The third-order valence-corrected chi connectivity index (χ3v) is 4.36. The van der Waals surface area contributed by atoms with Crippen molar-refractivity contribution >= 4 is 38.9 Å². The van der Waals surface area contributed by atoms with Crippen LogP contribution in [0.2, 0.25) is 5.15 Å². The van der Waals surface area contributed by atoms with Crippen LogP contribution in [0.3, 0.4) is 0 Å². The number of thiazole rings is 1. The number of anilines is 1. The minimum atomic E-state index is -0.746. The van der Waals surface area contributed by atoms with E-state index in [1.54, 1.807) is 11.6 Å². The largest absolute Gasteiger partial charge is 0.361 e. The van der Waals surface area contributed by atoms with Crippen LogP contribution in [0.4, 0.5) is 5.13 Å². The van der Waals surface area contributed by atoms with Crippen LogP contribution in [0.1, 0.15) is 13.3 Å². The van der Waals surface area contributed by atoms with E-state index in [-0.39, 0.29) is 5.25 Å². The topological polar surface area (TPSA) is 42.0 Å². The van der Waals surface area contributed by atoms with Gasteiger partial charge in [-0.1, -0.05) is 18.5 Å². The lowest BCUT2D eigenvalue weighted by molar-refractivity contribution is 0.672. The Balaban J connectivity index is 2.25. The maximum Gasteiger partial charge on any atom is 0.184 e. The molecule has 1 rings (SSSR count). The SMILES string of the molecule is CC(CCNc1nc(Cl)cs1)S(C)=O. The first kappa shape index (κ1) is 11.9. The number of nitrogens with one attached hydrogen (secondary N) is 1. The maximum absolute atomic E-state index is 11.0. The average Bonchev–Trinajstić information content (AvgIpc) is 2.51. The molecule has 1 N–H and O–H groups in total. The van der Waals surface area contributed by atoms with Gasteiger partial charge in [0.1, 0.15) is 5.15 Å². The lowest BCUT2D eigenvalue weighted by atomic mass is 10.3. The molecule has 6 heteroatoms. The van der Waals surface area contributed by atoms with Crippen molar-refractivity contribution in [3.05, 3.63) is 10.5 Å². The summed E-state index contributed by atoms with van der Waals surface area (Å²) >= 11 is 7.14. The van der Waals surface area contributed by atoms with Gasteiger partial charge in [-0.05, 0) is 6.42 Å². The van der Waals surface area contributed by atoms with Gasteiger partial charge in [-0.25, -0.2) is 4.98 Å². The van der Waals surface area contributed by atoms with Gasteiger partial charge in [0, 0.05) is 34.2 Å². The van der Waals surface area contributed by atoms with Crippen molar-refractivity contribution in [2.45, 2.75) is 18.6 Å². The minimum Gasteiger partial charge on any atom is -0.361 e. The van der Waals surface area contributed by atoms with Gasteiger partial charge in [0.25, 0.3) is 0 Å². The molecule has 0 bridgehead atoms. The van der Waals surface area contributed by atoms with E-state index in [4.69, 9.17) is 11.6 Å². The third-order valence-electron chi connectivity index (χ3n) is 1.87. The zero-order valence-electron chi connectivity index (χ0n) is 8.12. The van der Waals surface area contributed by atoms with Gasteiger partial charge < -0.3 is 5.32 Å². The first-order valence-corrected chi connectivity index (χ1v) is 7.14. The summed E-state index contributed by atoms with van der Waals surface area (Å²) in [5.74, 6) is 0. The van der Waals surface area contributed by atoms with Gasteiger partial charge in [0.2, 0.25) is 0 Å². The predicted octanol–water partition coefficient (Wildman–Crippen LogP) is 2.37. The van der Waals surface area contributed by atoms with Crippen molar-refractivity contribution in [2.24, 2.45) is 0 Å². The highest BCUT2D eigenvalue weighted by Gasteiger charge is 2.05. The van der Waals surface area contributed by atoms with Crippen molar-refractivity contribution in [3.63, 3.8) is 0 Å². The van der Waals surface area contributed by atoms with Gasteiger partial charge in [-0.2, -0.15) is 0 Å². The molecule has 14 heavy (non-hydrogen) atoms. The first-order valence-electron chi connectivity index (χ1n) is 4.26. The second-order valence-electron chi connectivity index (χ2n) is 3.00.